The fourth-order valence-corrected chi connectivity index (χ4v) is 4.96. The number of nitrogens with one attached hydrogen (secondary N) is 1. The van der Waals surface area contributed by atoms with E-state index in [1.54, 1.807) is 11.3 Å². The van der Waals surface area contributed by atoms with Crippen molar-refractivity contribution in [3.05, 3.63) is 21.9 Å². The molecule has 0 spiro atoms. The second kappa shape index (κ2) is 7.02. The first kappa shape index (κ1) is 15.9. The number of thiophene rings is 1. The Morgan fingerprint density at radius 2 is 2.30 bits per heavy atom. The Labute approximate surface area is 125 Å². The van der Waals surface area contributed by atoms with Crippen LogP contribution < -0.4 is 4.72 Å². The number of rotatable bonds is 6. The summed E-state index contributed by atoms with van der Waals surface area (Å²) in [5, 5.41) is 2.04. The molecule has 2 rings (SSSR count). The second-order valence-electron chi connectivity index (χ2n) is 5.52. The number of sulfonamides is 1. The highest BCUT2D eigenvalue weighted by atomic mass is 32.2. The minimum absolute atomic E-state index is 0.178. The molecule has 0 saturated carbocycles. The Hall–Kier alpha value is -0.430. The van der Waals surface area contributed by atoms with Crippen LogP contribution in [0.25, 0.3) is 0 Å². The summed E-state index contributed by atoms with van der Waals surface area (Å²) in [6.07, 6.45) is 2.63. The monoisotopic (exact) mass is 317 g/mol. The predicted octanol–water partition coefficient (Wildman–Crippen LogP) is 2.33. The molecule has 1 aromatic rings. The molecule has 1 saturated heterocycles. The van der Waals surface area contributed by atoms with Crippen LogP contribution in [0.2, 0.25) is 0 Å². The van der Waals surface area contributed by atoms with E-state index in [2.05, 4.69) is 17.7 Å². The molecule has 1 N–H and O–H groups in total. The summed E-state index contributed by atoms with van der Waals surface area (Å²) < 4.78 is 32.3. The largest absolute Gasteiger partial charge is 0.378 e. The third-order valence-electron chi connectivity index (χ3n) is 3.69. The van der Waals surface area contributed by atoms with Crippen molar-refractivity contribution in [2.45, 2.75) is 39.2 Å². The van der Waals surface area contributed by atoms with Crippen LogP contribution in [0.5, 0.6) is 0 Å². The average molecular weight is 317 g/mol. The summed E-state index contributed by atoms with van der Waals surface area (Å²) in [6.45, 7) is 5.23. The zero-order valence-corrected chi connectivity index (χ0v) is 13.7. The Balaban J connectivity index is 1.77. The number of ether oxygens (including phenoxy) is 1. The highest BCUT2D eigenvalue weighted by Gasteiger charge is 2.24. The van der Waals surface area contributed by atoms with Gasteiger partial charge in [-0.15, -0.1) is 11.3 Å². The van der Waals surface area contributed by atoms with Crippen molar-refractivity contribution in [1.82, 2.24) is 4.72 Å². The maximum Gasteiger partial charge on any atom is 0.211 e. The summed E-state index contributed by atoms with van der Waals surface area (Å²) in [5.74, 6) is 0.448. The van der Waals surface area contributed by atoms with Crippen LogP contribution in [0.3, 0.4) is 0 Å². The molecule has 2 heterocycles. The lowest BCUT2D eigenvalue weighted by atomic mass is 9.98. The van der Waals surface area contributed by atoms with Gasteiger partial charge in [0, 0.05) is 18.0 Å². The molecule has 1 aromatic heterocycles. The van der Waals surface area contributed by atoms with E-state index >= 15 is 0 Å². The van der Waals surface area contributed by atoms with E-state index in [-0.39, 0.29) is 17.8 Å². The first-order valence-corrected chi connectivity index (χ1v) is 9.61. The summed E-state index contributed by atoms with van der Waals surface area (Å²) in [4.78, 5) is 1.26. The lowest BCUT2D eigenvalue weighted by molar-refractivity contribution is 0.00748. The maximum atomic E-state index is 12.1. The Morgan fingerprint density at radius 3 is 2.95 bits per heavy atom. The summed E-state index contributed by atoms with van der Waals surface area (Å²) in [5.41, 5.74) is 1.24. The van der Waals surface area contributed by atoms with Gasteiger partial charge in [-0.3, -0.25) is 0 Å². The molecule has 0 aromatic carbocycles. The standard InChI is InChI=1S/C14H23NO3S2/c1-11-5-8-19-14(11)3-6-15-20(16,17)10-13-4-7-18-12(2)9-13/h5,8,12-13,15H,3-4,6-7,9-10H2,1-2H3. The number of hydrogen-bond donors (Lipinski definition) is 1. The van der Waals surface area contributed by atoms with Gasteiger partial charge in [0.15, 0.2) is 0 Å². The molecule has 6 heteroatoms. The van der Waals surface area contributed by atoms with Crippen LogP contribution in [-0.2, 0) is 21.2 Å². The van der Waals surface area contributed by atoms with Gasteiger partial charge in [-0.05, 0) is 56.0 Å². The molecule has 4 nitrogen and oxygen atoms in total. The van der Waals surface area contributed by atoms with Crippen LogP contribution in [0.1, 0.15) is 30.2 Å². The van der Waals surface area contributed by atoms with Crippen LogP contribution in [0, 0.1) is 12.8 Å². The van der Waals surface area contributed by atoms with Gasteiger partial charge in [-0.25, -0.2) is 13.1 Å². The molecule has 1 aliphatic rings. The quantitative estimate of drug-likeness (QED) is 0.876. The van der Waals surface area contributed by atoms with Gasteiger partial charge in [-0.1, -0.05) is 0 Å². The third-order valence-corrected chi connectivity index (χ3v) is 6.33. The molecular formula is C14H23NO3S2. The van der Waals surface area contributed by atoms with E-state index in [9.17, 15) is 8.42 Å². The minimum atomic E-state index is -3.17. The van der Waals surface area contributed by atoms with Gasteiger partial charge < -0.3 is 4.74 Å². The molecule has 114 valence electrons. The lowest BCUT2D eigenvalue weighted by Crippen LogP contribution is -2.34. The van der Waals surface area contributed by atoms with E-state index in [1.807, 2.05) is 12.3 Å². The Kier molecular flexibility index (Phi) is 5.60. The molecule has 2 unspecified atom stereocenters. The SMILES string of the molecule is Cc1ccsc1CCNS(=O)(=O)CC1CCOC(C)C1. The van der Waals surface area contributed by atoms with Crippen molar-refractivity contribution in [1.29, 1.82) is 0 Å². The van der Waals surface area contributed by atoms with Crippen molar-refractivity contribution in [2.24, 2.45) is 5.92 Å². The van der Waals surface area contributed by atoms with Crippen LogP contribution in [0.15, 0.2) is 11.4 Å². The molecule has 0 radical (unpaired) electrons. The molecule has 1 aliphatic heterocycles. The van der Waals surface area contributed by atoms with Crippen molar-refractivity contribution < 1.29 is 13.2 Å². The van der Waals surface area contributed by atoms with E-state index in [4.69, 9.17) is 4.74 Å². The van der Waals surface area contributed by atoms with Crippen LogP contribution in [0.4, 0.5) is 0 Å². The molecule has 0 bridgehead atoms. The highest BCUT2D eigenvalue weighted by Crippen LogP contribution is 2.21. The zero-order chi connectivity index (χ0) is 14.6. The highest BCUT2D eigenvalue weighted by molar-refractivity contribution is 7.89. The fraction of sp³-hybridized carbons (Fsp3) is 0.714. The van der Waals surface area contributed by atoms with Gasteiger partial charge in [0.05, 0.1) is 11.9 Å². The van der Waals surface area contributed by atoms with Crippen molar-refractivity contribution in [3.63, 3.8) is 0 Å². The van der Waals surface area contributed by atoms with Crippen molar-refractivity contribution in [3.8, 4) is 0 Å². The molecule has 20 heavy (non-hydrogen) atoms. The Bertz CT molecular complexity index is 524. The van der Waals surface area contributed by atoms with Crippen LogP contribution in [-0.4, -0.2) is 33.4 Å². The van der Waals surface area contributed by atoms with E-state index in [1.165, 1.54) is 10.4 Å². The summed E-state index contributed by atoms with van der Waals surface area (Å²) >= 11 is 1.68. The third kappa shape index (κ3) is 4.84. The predicted molar refractivity (Wildman–Crippen MR) is 82.7 cm³/mol. The number of hydrogen-bond acceptors (Lipinski definition) is 4. The normalized spacial score (nSPS) is 23.9. The lowest BCUT2D eigenvalue weighted by Gasteiger charge is -2.26. The average Bonchev–Trinajstić information content (AvgIpc) is 2.74. The van der Waals surface area contributed by atoms with Crippen molar-refractivity contribution >= 4 is 21.4 Å². The smallest absolute Gasteiger partial charge is 0.211 e. The first-order chi connectivity index (χ1) is 9.46. The Morgan fingerprint density at radius 1 is 1.50 bits per heavy atom. The number of aryl methyl sites for hydroxylation is 1. The van der Waals surface area contributed by atoms with Crippen LogP contribution >= 0.6 is 11.3 Å². The topological polar surface area (TPSA) is 55.4 Å². The first-order valence-electron chi connectivity index (χ1n) is 7.08. The van der Waals surface area contributed by atoms with E-state index in [0.29, 0.717) is 13.2 Å². The van der Waals surface area contributed by atoms with Gasteiger partial charge >= 0.3 is 0 Å². The van der Waals surface area contributed by atoms with Gasteiger partial charge in [0.2, 0.25) is 10.0 Å². The van der Waals surface area contributed by atoms with Gasteiger partial charge in [0.25, 0.3) is 0 Å². The van der Waals surface area contributed by atoms with Crippen molar-refractivity contribution in [2.75, 3.05) is 18.9 Å². The summed E-state index contributed by atoms with van der Waals surface area (Å²) in [6, 6.07) is 2.07. The van der Waals surface area contributed by atoms with E-state index < -0.39 is 10.0 Å². The molecular weight excluding hydrogens is 294 g/mol. The molecule has 0 aliphatic carbocycles. The fourth-order valence-electron chi connectivity index (χ4n) is 2.59. The molecule has 1 fully saturated rings. The molecule has 0 amide bonds. The minimum Gasteiger partial charge on any atom is -0.378 e. The van der Waals surface area contributed by atoms with Gasteiger partial charge in [-0.2, -0.15) is 0 Å². The van der Waals surface area contributed by atoms with Gasteiger partial charge in [0.1, 0.15) is 0 Å². The summed E-state index contributed by atoms with van der Waals surface area (Å²) in [7, 11) is -3.17. The maximum absolute atomic E-state index is 12.1. The zero-order valence-electron chi connectivity index (χ0n) is 12.1. The second-order valence-corrected chi connectivity index (χ2v) is 8.38. The van der Waals surface area contributed by atoms with E-state index in [0.717, 1.165) is 19.3 Å². The molecule has 2 atom stereocenters.